The van der Waals surface area contributed by atoms with Gasteiger partial charge in [0, 0.05) is 18.8 Å². The number of hydrogen-bond acceptors (Lipinski definition) is 4. The topological polar surface area (TPSA) is 70.5 Å². The van der Waals surface area contributed by atoms with Crippen LogP contribution < -0.4 is 5.32 Å². The first-order chi connectivity index (χ1) is 13.7. The largest absolute Gasteiger partial charge is 0.334 e. The van der Waals surface area contributed by atoms with Gasteiger partial charge in [0.15, 0.2) is 5.69 Å². The SMILES string of the molecule is C=CCN1CCCC1C(=O)N1CCn2nc(C(=O)Nc3ccccc3)cc2C1. The van der Waals surface area contributed by atoms with Crippen LogP contribution in [0.2, 0.25) is 0 Å². The first-order valence-electron chi connectivity index (χ1n) is 9.72. The predicted octanol–water partition coefficient (Wildman–Crippen LogP) is 2.13. The molecule has 7 heteroatoms. The van der Waals surface area contributed by atoms with Crippen LogP contribution in [0, 0.1) is 0 Å². The van der Waals surface area contributed by atoms with E-state index in [2.05, 4.69) is 21.9 Å². The molecule has 3 heterocycles. The number of para-hydroxylation sites is 1. The number of hydrogen-bond donors (Lipinski definition) is 1. The number of nitrogens with one attached hydrogen (secondary N) is 1. The lowest BCUT2D eigenvalue weighted by Crippen LogP contribution is -2.48. The molecule has 1 aromatic heterocycles. The van der Waals surface area contributed by atoms with Crippen molar-refractivity contribution >= 4 is 17.5 Å². The fraction of sp³-hybridized carbons (Fsp3) is 0.381. The molecule has 7 nitrogen and oxygen atoms in total. The molecule has 1 fully saturated rings. The van der Waals surface area contributed by atoms with Crippen LogP contribution in [-0.4, -0.2) is 57.1 Å². The van der Waals surface area contributed by atoms with Crippen LogP contribution in [0.4, 0.5) is 5.69 Å². The van der Waals surface area contributed by atoms with Crippen LogP contribution in [0.15, 0.2) is 49.1 Å². The summed E-state index contributed by atoms with van der Waals surface area (Å²) in [4.78, 5) is 29.6. The van der Waals surface area contributed by atoms with Gasteiger partial charge in [-0.3, -0.25) is 19.2 Å². The molecule has 2 aromatic rings. The predicted molar refractivity (Wildman–Crippen MR) is 107 cm³/mol. The molecular formula is C21H25N5O2. The zero-order valence-electron chi connectivity index (χ0n) is 15.9. The minimum Gasteiger partial charge on any atom is -0.334 e. The van der Waals surface area contributed by atoms with Crippen molar-refractivity contribution in [1.82, 2.24) is 19.6 Å². The van der Waals surface area contributed by atoms with E-state index in [4.69, 9.17) is 0 Å². The van der Waals surface area contributed by atoms with Crippen molar-refractivity contribution in [3.05, 3.63) is 60.4 Å². The second-order valence-corrected chi connectivity index (χ2v) is 7.27. The molecule has 0 bridgehead atoms. The molecule has 2 aliphatic heterocycles. The molecule has 0 aliphatic carbocycles. The highest BCUT2D eigenvalue weighted by Crippen LogP contribution is 2.22. The maximum atomic E-state index is 13.0. The van der Waals surface area contributed by atoms with Gasteiger partial charge in [-0.25, -0.2) is 0 Å². The Morgan fingerprint density at radius 2 is 2.04 bits per heavy atom. The van der Waals surface area contributed by atoms with Crippen molar-refractivity contribution in [2.75, 3.05) is 25.0 Å². The molecule has 2 amide bonds. The van der Waals surface area contributed by atoms with E-state index in [0.29, 0.717) is 25.3 Å². The Labute approximate surface area is 164 Å². The second-order valence-electron chi connectivity index (χ2n) is 7.27. The number of aromatic nitrogens is 2. The van der Waals surface area contributed by atoms with Gasteiger partial charge in [-0.05, 0) is 37.6 Å². The number of benzene rings is 1. The summed E-state index contributed by atoms with van der Waals surface area (Å²) < 4.78 is 1.83. The summed E-state index contributed by atoms with van der Waals surface area (Å²) in [6.07, 6.45) is 3.79. The van der Waals surface area contributed by atoms with Crippen LogP contribution >= 0.6 is 0 Å². The summed E-state index contributed by atoms with van der Waals surface area (Å²) >= 11 is 0. The van der Waals surface area contributed by atoms with Gasteiger partial charge < -0.3 is 10.2 Å². The van der Waals surface area contributed by atoms with Gasteiger partial charge in [0.25, 0.3) is 5.91 Å². The van der Waals surface area contributed by atoms with Crippen LogP contribution in [0.5, 0.6) is 0 Å². The number of rotatable bonds is 5. The number of nitrogens with zero attached hydrogens (tertiary/aromatic N) is 4. The van der Waals surface area contributed by atoms with Gasteiger partial charge in [0.2, 0.25) is 5.91 Å². The summed E-state index contributed by atoms with van der Waals surface area (Å²) in [5.41, 5.74) is 2.01. The van der Waals surface area contributed by atoms with Crippen molar-refractivity contribution in [1.29, 1.82) is 0 Å². The zero-order chi connectivity index (χ0) is 19.5. The van der Waals surface area contributed by atoms with E-state index in [1.54, 1.807) is 6.07 Å². The average Bonchev–Trinajstić information content (AvgIpc) is 3.35. The Balaban J connectivity index is 1.43. The molecule has 28 heavy (non-hydrogen) atoms. The lowest BCUT2D eigenvalue weighted by atomic mass is 10.1. The molecule has 146 valence electrons. The van der Waals surface area contributed by atoms with Gasteiger partial charge in [-0.1, -0.05) is 24.3 Å². The monoisotopic (exact) mass is 379 g/mol. The molecule has 2 aliphatic rings. The van der Waals surface area contributed by atoms with E-state index < -0.39 is 0 Å². The minimum atomic E-state index is -0.237. The van der Waals surface area contributed by atoms with E-state index in [0.717, 1.165) is 37.3 Å². The van der Waals surface area contributed by atoms with Crippen molar-refractivity contribution in [3.63, 3.8) is 0 Å². The lowest BCUT2D eigenvalue weighted by Gasteiger charge is -2.32. The molecule has 1 N–H and O–H groups in total. The number of carbonyl (C=O) groups is 2. The number of fused-ring (bicyclic) bond motifs is 1. The maximum Gasteiger partial charge on any atom is 0.276 e. The van der Waals surface area contributed by atoms with Crippen molar-refractivity contribution < 1.29 is 9.59 Å². The maximum absolute atomic E-state index is 13.0. The number of anilines is 1. The van der Waals surface area contributed by atoms with Gasteiger partial charge in [0.05, 0.1) is 24.8 Å². The molecule has 1 saturated heterocycles. The first-order valence-corrected chi connectivity index (χ1v) is 9.72. The Hall–Kier alpha value is -2.93. The molecule has 0 spiro atoms. The average molecular weight is 379 g/mol. The summed E-state index contributed by atoms with van der Waals surface area (Å²) in [5, 5.41) is 7.28. The molecular weight excluding hydrogens is 354 g/mol. The Kier molecular flexibility index (Phi) is 5.25. The lowest BCUT2D eigenvalue weighted by molar-refractivity contribution is -0.137. The highest BCUT2D eigenvalue weighted by Gasteiger charge is 2.34. The van der Waals surface area contributed by atoms with Gasteiger partial charge >= 0.3 is 0 Å². The number of amides is 2. The molecule has 0 radical (unpaired) electrons. The van der Waals surface area contributed by atoms with Crippen LogP contribution in [0.25, 0.3) is 0 Å². The minimum absolute atomic E-state index is 0.0617. The third-order valence-electron chi connectivity index (χ3n) is 5.39. The van der Waals surface area contributed by atoms with Crippen LogP contribution in [-0.2, 0) is 17.9 Å². The molecule has 1 atom stereocenters. The fourth-order valence-corrected chi connectivity index (χ4v) is 3.98. The Morgan fingerprint density at radius 3 is 2.82 bits per heavy atom. The van der Waals surface area contributed by atoms with E-state index in [9.17, 15) is 9.59 Å². The van der Waals surface area contributed by atoms with E-state index in [1.807, 2.05) is 46.0 Å². The molecule has 1 aromatic carbocycles. The van der Waals surface area contributed by atoms with E-state index in [1.165, 1.54) is 0 Å². The normalized spacial score (nSPS) is 19.3. The molecule has 1 unspecified atom stereocenters. The summed E-state index contributed by atoms with van der Waals surface area (Å²) in [5.74, 6) is -0.0685. The van der Waals surface area contributed by atoms with Crippen LogP contribution in [0.1, 0.15) is 29.0 Å². The van der Waals surface area contributed by atoms with E-state index in [-0.39, 0.29) is 17.9 Å². The van der Waals surface area contributed by atoms with Gasteiger partial charge in [0.1, 0.15) is 0 Å². The third-order valence-corrected chi connectivity index (χ3v) is 5.39. The highest BCUT2D eigenvalue weighted by molar-refractivity contribution is 6.02. The third kappa shape index (κ3) is 3.71. The fourth-order valence-electron chi connectivity index (χ4n) is 3.98. The van der Waals surface area contributed by atoms with Gasteiger partial charge in [-0.15, -0.1) is 6.58 Å². The number of carbonyl (C=O) groups excluding carboxylic acids is 2. The Bertz CT molecular complexity index is 876. The standard InChI is InChI=1S/C21H25N5O2/c1-2-10-24-11-6-9-19(24)21(28)25-12-13-26-17(15-25)14-18(23-26)20(27)22-16-7-4-3-5-8-16/h2-5,7-8,14,19H,1,6,9-13,15H2,(H,22,27). The highest BCUT2D eigenvalue weighted by atomic mass is 16.2. The van der Waals surface area contributed by atoms with Crippen LogP contribution in [0.3, 0.4) is 0 Å². The first kappa shape index (κ1) is 18.4. The van der Waals surface area contributed by atoms with Gasteiger partial charge in [-0.2, -0.15) is 5.10 Å². The smallest absolute Gasteiger partial charge is 0.276 e. The summed E-state index contributed by atoms with van der Waals surface area (Å²) in [6.45, 7) is 7.19. The quantitative estimate of drug-likeness (QED) is 0.808. The van der Waals surface area contributed by atoms with E-state index >= 15 is 0 Å². The zero-order valence-corrected chi connectivity index (χ0v) is 15.9. The molecule has 0 saturated carbocycles. The summed E-state index contributed by atoms with van der Waals surface area (Å²) in [7, 11) is 0. The summed E-state index contributed by atoms with van der Waals surface area (Å²) in [6, 6.07) is 11.0. The van der Waals surface area contributed by atoms with Crippen molar-refractivity contribution in [3.8, 4) is 0 Å². The molecule has 4 rings (SSSR count). The Morgan fingerprint density at radius 1 is 1.21 bits per heavy atom. The van der Waals surface area contributed by atoms with Crippen molar-refractivity contribution in [2.45, 2.75) is 32.0 Å². The van der Waals surface area contributed by atoms with Crippen molar-refractivity contribution in [2.24, 2.45) is 0 Å². The second kappa shape index (κ2) is 7.98. The number of likely N-dealkylation sites (tertiary alicyclic amines) is 1.